The first-order valence-electron chi connectivity index (χ1n) is 16.8. The number of piperidine rings is 1. The highest BCUT2D eigenvalue weighted by Gasteiger charge is 2.29. The average Bonchev–Trinajstić information content (AvgIpc) is 3.55. The number of hydrogen-bond acceptors (Lipinski definition) is 12. The molecule has 2 saturated heterocycles. The summed E-state index contributed by atoms with van der Waals surface area (Å²) in [5, 5.41) is 11.2. The molecule has 50 heavy (non-hydrogen) atoms. The third-order valence-electron chi connectivity index (χ3n) is 9.59. The number of methoxy groups -OCH3 is 1. The van der Waals surface area contributed by atoms with Gasteiger partial charge in [-0.3, -0.25) is 19.5 Å². The van der Waals surface area contributed by atoms with Crippen molar-refractivity contribution in [3.63, 3.8) is 0 Å². The van der Waals surface area contributed by atoms with Crippen molar-refractivity contribution >= 4 is 52.3 Å². The predicted octanol–water partition coefficient (Wildman–Crippen LogP) is 4.92. The molecule has 0 bridgehead atoms. The van der Waals surface area contributed by atoms with Gasteiger partial charge in [0.2, 0.25) is 5.95 Å². The van der Waals surface area contributed by atoms with Crippen molar-refractivity contribution in [2.45, 2.75) is 18.9 Å². The standard InChI is InChI=1S/C35H43FN11O2P/c1-44-14-16-46(17-15-44)24-8-12-47(13-9-24)30-19-31(49-3)29(18-25(30)23-20-40-45(2)22-23)42-35-39-21-26(36)34(43-35)41-28-7-6-27-32(38-11-10-37-27)33(28)50(4,5)48/h6-7,10-11,18-22,24H,8-9,12-17H2,1-5H3,(H2,39,41,42,43). The SMILES string of the molecule is COc1cc(N2CCC(N3CCN(C)CC3)CC2)c(-c2cnn(C)c2)cc1Nc1ncc(F)c(Nc2ccc3nccnc3c2P(C)(C)=O)n1. The summed E-state index contributed by atoms with van der Waals surface area (Å²) in [6.45, 7) is 9.64. The van der Waals surface area contributed by atoms with Gasteiger partial charge in [-0.15, -0.1) is 0 Å². The van der Waals surface area contributed by atoms with E-state index in [4.69, 9.17) is 4.74 Å². The maximum atomic E-state index is 15.2. The molecule has 0 unspecified atom stereocenters. The molecule has 2 aromatic carbocycles. The van der Waals surface area contributed by atoms with Gasteiger partial charge in [-0.05, 0) is 51.4 Å². The van der Waals surface area contributed by atoms with Crippen molar-refractivity contribution in [2.24, 2.45) is 7.05 Å². The summed E-state index contributed by atoms with van der Waals surface area (Å²) in [6, 6.07) is 8.12. The van der Waals surface area contributed by atoms with E-state index in [1.165, 1.54) is 0 Å². The Bertz CT molecular complexity index is 2050. The molecule has 0 atom stereocenters. The fourth-order valence-corrected chi connectivity index (χ4v) is 8.37. The van der Waals surface area contributed by atoms with E-state index < -0.39 is 13.0 Å². The molecule has 262 valence electrons. The van der Waals surface area contributed by atoms with Gasteiger partial charge in [0.05, 0.1) is 41.7 Å². The lowest BCUT2D eigenvalue weighted by atomic mass is 9.98. The van der Waals surface area contributed by atoms with Gasteiger partial charge >= 0.3 is 0 Å². The first-order chi connectivity index (χ1) is 24.1. The first-order valence-corrected chi connectivity index (χ1v) is 19.4. The number of benzene rings is 2. The lowest BCUT2D eigenvalue weighted by Crippen LogP contribution is -2.52. The van der Waals surface area contributed by atoms with E-state index >= 15 is 4.39 Å². The fraction of sp³-hybridized carbons (Fsp3) is 0.400. The molecule has 0 spiro atoms. The lowest BCUT2D eigenvalue weighted by molar-refractivity contribution is 0.0982. The van der Waals surface area contributed by atoms with Crippen molar-refractivity contribution in [3.05, 3.63) is 61.1 Å². The van der Waals surface area contributed by atoms with Crippen LogP contribution < -0.4 is 25.6 Å². The van der Waals surface area contributed by atoms with E-state index in [2.05, 4.69) is 57.4 Å². The molecule has 2 aliphatic rings. The summed E-state index contributed by atoms with van der Waals surface area (Å²) in [7, 11) is 2.85. The fourth-order valence-electron chi connectivity index (χ4n) is 6.98. The minimum atomic E-state index is -2.87. The van der Waals surface area contributed by atoms with Crippen LogP contribution in [-0.2, 0) is 11.6 Å². The zero-order valence-corrected chi connectivity index (χ0v) is 30.0. The van der Waals surface area contributed by atoms with Gasteiger partial charge in [0.25, 0.3) is 0 Å². The molecule has 3 aromatic heterocycles. The van der Waals surface area contributed by atoms with Crippen molar-refractivity contribution in [1.82, 2.24) is 39.5 Å². The summed E-state index contributed by atoms with van der Waals surface area (Å²) in [5.41, 5.74) is 5.17. The molecule has 0 saturated carbocycles. The highest BCUT2D eigenvalue weighted by molar-refractivity contribution is 7.71. The molecule has 15 heteroatoms. The predicted molar refractivity (Wildman–Crippen MR) is 197 cm³/mol. The van der Waals surface area contributed by atoms with Gasteiger partial charge in [0, 0.05) is 93.8 Å². The Hall–Kier alpha value is -4.65. The Balaban J connectivity index is 1.18. The number of aromatic nitrogens is 6. The second-order valence-corrected chi connectivity index (χ2v) is 16.6. The maximum absolute atomic E-state index is 15.2. The Kier molecular flexibility index (Phi) is 9.42. The smallest absolute Gasteiger partial charge is 0.229 e. The number of halogens is 1. The summed E-state index contributed by atoms with van der Waals surface area (Å²) < 4.78 is 36.3. The molecule has 7 rings (SSSR count). The Labute approximate surface area is 291 Å². The molecule has 5 heterocycles. The van der Waals surface area contributed by atoms with E-state index in [0.717, 1.165) is 75.1 Å². The van der Waals surface area contributed by atoms with Crippen molar-refractivity contribution < 1.29 is 13.7 Å². The number of nitrogens with zero attached hydrogens (tertiary/aromatic N) is 9. The summed E-state index contributed by atoms with van der Waals surface area (Å²) in [5.74, 6) is 0.0146. The van der Waals surface area contributed by atoms with E-state index in [0.29, 0.717) is 39.5 Å². The van der Waals surface area contributed by atoms with Crippen LogP contribution in [-0.4, -0.2) is 112 Å². The van der Waals surface area contributed by atoms with Crippen LogP contribution in [0.4, 0.5) is 33.2 Å². The number of likely N-dealkylation sites (N-methyl/N-ethyl adjacent to an activating group) is 1. The van der Waals surface area contributed by atoms with Gasteiger partial charge in [0.15, 0.2) is 11.6 Å². The summed E-state index contributed by atoms with van der Waals surface area (Å²) in [6.07, 6.45) is 10.3. The van der Waals surface area contributed by atoms with Crippen molar-refractivity contribution in [2.75, 3.05) is 82.3 Å². The van der Waals surface area contributed by atoms with E-state index in [1.54, 1.807) is 49.6 Å². The van der Waals surface area contributed by atoms with Crippen LogP contribution in [0.25, 0.3) is 22.2 Å². The number of hydrogen-bond donors (Lipinski definition) is 2. The number of anilines is 5. The van der Waals surface area contributed by atoms with Crippen LogP contribution in [0.2, 0.25) is 0 Å². The number of nitrogens with one attached hydrogen (secondary N) is 2. The Morgan fingerprint density at radius 2 is 1.68 bits per heavy atom. The molecule has 13 nitrogen and oxygen atoms in total. The largest absolute Gasteiger partial charge is 0.494 e. The zero-order chi connectivity index (χ0) is 35.0. The third kappa shape index (κ3) is 7.01. The number of piperazine rings is 1. The Morgan fingerprint density at radius 3 is 2.38 bits per heavy atom. The monoisotopic (exact) mass is 699 g/mol. The zero-order valence-electron chi connectivity index (χ0n) is 29.1. The van der Waals surface area contributed by atoms with Gasteiger partial charge in [-0.1, -0.05) is 0 Å². The lowest BCUT2D eigenvalue weighted by Gasteiger charge is -2.43. The van der Waals surface area contributed by atoms with Gasteiger partial charge in [-0.2, -0.15) is 10.1 Å². The topological polar surface area (TPSA) is 129 Å². The number of aryl methyl sites for hydroxylation is 1. The molecule has 5 aromatic rings. The molecule has 2 fully saturated rings. The second-order valence-electron chi connectivity index (χ2n) is 13.4. The molecule has 0 amide bonds. The highest BCUT2D eigenvalue weighted by Crippen LogP contribution is 2.43. The molecule has 2 N–H and O–H groups in total. The van der Waals surface area contributed by atoms with E-state index in [9.17, 15) is 4.57 Å². The van der Waals surface area contributed by atoms with Crippen LogP contribution >= 0.6 is 7.14 Å². The summed E-state index contributed by atoms with van der Waals surface area (Å²) >= 11 is 0. The average molecular weight is 700 g/mol. The minimum absolute atomic E-state index is 0.0771. The molecule has 0 radical (unpaired) electrons. The van der Waals surface area contributed by atoms with Gasteiger partial charge in [0.1, 0.15) is 18.4 Å². The minimum Gasteiger partial charge on any atom is -0.494 e. The van der Waals surface area contributed by atoms with Gasteiger partial charge < -0.3 is 29.7 Å². The summed E-state index contributed by atoms with van der Waals surface area (Å²) in [4.78, 5) is 25.0. The Morgan fingerprint density at radius 1 is 0.920 bits per heavy atom. The number of fused-ring (bicyclic) bond motifs is 1. The molecule has 0 aliphatic carbocycles. The normalized spacial score (nSPS) is 16.6. The van der Waals surface area contributed by atoms with Crippen LogP contribution in [0.15, 0.2) is 55.2 Å². The van der Waals surface area contributed by atoms with Crippen LogP contribution in [0.5, 0.6) is 5.75 Å². The van der Waals surface area contributed by atoms with Crippen molar-refractivity contribution in [3.8, 4) is 16.9 Å². The maximum Gasteiger partial charge on any atom is 0.229 e. The second kappa shape index (κ2) is 13.9. The molecular formula is C35H43FN11O2P. The molecule has 2 aliphatic heterocycles. The third-order valence-corrected chi connectivity index (χ3v) is 11.1. The van der Waals surface area contributed by atoms with E-state index in [-0.39, 0.29) is 11.8 Å². The number of ether oxygens (including phenoxy) is 1. The number of rotatable bonds is 9. The molecular weight excluding hydrogens is 656 g/mol. The van der Waals surface area contributed by atoms with Crippen LogP contribution in [0.1, 0.15) is 12.8 Å². The van der Waals surface area contributed by atoms with E-state index in [1.807, 2.05) is 31.6 Å². The first kappa shape index (κ1) is 33.8. The highest BCUT2D eigenvalue weighted by atomic mass is 31.2. The van der Waals surface area contributed by atoms with Crippen LogP contribution in [0.3, 0.4) is 0 Å². The van der Waals surface area contributed by atoms with Crippen molar-refractivity contribution in [1.29, 1.82) is 0 Å². The van der Waals surface area contributed by atoms with Crippen LogP contribution in [0, 0.1) is 5.82 Å². The quantitative estimate of drug-likeness (QED) is 0.203. The van der Waals surface area contributed by atoms with Gasteiger partial charge in [-0.25, -0.2) is 9.37 Å².